The van der Waals surface area contributed by atoms with Crippen LogP contribution >= 0.6 is 0 Å². The first-order chi connectivity index (χ1) is 8.06. The highest BCUT2D eigenvalue weighted by molar-refractivity contribution is 5.84. The molecule has 0 spiro atoms. The van der Waals surface area contributed by atoms with E-state index in [9.17, 15) is 9.59 Å². The van der Waals surface area contributed by atoms with E-state index in [-0.39, 0.29) is 18.6 Å². The van der Waals surface area contributed by atoms with Crippen LogP contribution in [0.15, 0.2) is 0 Å². The lowest BCUT2D eigenvalue weighted by Crippen LogP contribution is -2.49. The van der Waals surface area contributed by atoms with Crippen molar-refractivity contribution in [1.29, 1.82) is 0 Å². The molecule has 0 saturated carbocycles. The van der Waals surface area contributed by atoms with Gasteiger partial charge in [0.1, 0.15) is 12.6 Å². The molecule has 5 heteroatoms. The summed E-state index contributed by atoms with van der Waals surface area (Å²) >= 11 is 0. The lowest BCUT2D eigenvalue weighted by Gasteiger charge is -2.33. The number of carboxylic acids is 1. The van der Waals surface area contributed by atoms with Crippen LogP contribution in [0.2, 0.25) is 0 Å². The average Bonchev–Trinajstić information content (AvgIpc) is 2.35. The summed E-state index contributed by atoms with van der Waals surface area (Å²) in [5.41, 5.74) is 0. The van der Waals surface area contributed by atoms with E-state index in [2.05, 4.69) is 0 Å². The molecule has 1 heterocycles. The van der Waals surface area contributed by atoms with Crippen LogP contribution < -0.4 is 0 Å². The van der Waals surface area contributed by atoms with Crippen LogP contribution in [0.5, 0.6) is 0 Å². The third kappa shape index (κ3) is 4.00. The van der Waals surface area contributed by atoms with Crippen molar-refractivity contribution in [3.05, 3.63) is 0 Å². The average molecular weight is 243 g/mol. The molecule has 1 saturated heterocycles. The van der Waals surface area contributed by atoms with Gasteiger partial charge in [0.2, 0.25) is 5.91 Å². The highest BCUT2D eigenvalue weighted by Gasteiger charge is 2.31. The molecule has 1 fully saturated rings. The number of hydrogen-bond acceptors (Lipinski definition) is 3. The molecular weight excluding hydrogens is 222 g/mol. The number of nitrogens with zero attached hydrogens (tertiary/aromatic N) is 1. The standard InChI is InChI=1S/C12H21NO4/c1-3-9(2)17-8-11(14)13-7-5-4-6-10(13)12(15)16/h9-10H,3-8H2,1-2H3,(H,15,16). The normalized spacial score (nSPS) is 22.2. The second kappa shape index (κ2) is 6.59. The Bertz CT molecular complexity index is 280. The Morgan fingerprint density at radius 2 is 2.18 bits per heavy atom. The molecule has 1 rings (SSSR count). The molecular formula is C12H21NO4. The Morgan fingerprint density at radius 3 is 2.76 bits per heavy atom. The highest BCUT2D eigenvalue weighted by Crippen LogP contribution is 2.17. The Hall–Kier alpha value is -1.10. The van der Waals surface area contributed by atoms with Crippen LogP contribution in [-0.4, -0.2) is 47.2 Å². The molecule has 17 heavy (non-hydrogen) atoms. The lowest BCUT2D eigenvalue weighted by molar-refractivity contribution is -0.154. The predicted octanol–water partition coefficient (Wildman–Crippen LogP) is 1.27. The van der Waals surface area contributed by atoms with Crippen molar-refractivity contribution in [1.82, 2.24) is 4.90 Å². The zero-order valence-electron chi connectivity index (χ0n) is 10.5. The van der Waals surface area contributed by atoms with Crippen molar-refractivity contribution in [2.24, 2.45) is 0 Å². The van der Waals surface area contributed by atoms with E-state index in [1.165, 1.54) is 4.90 Å². The second-order valence-electron chi connectivity index (χ2n) is 4.47. The summed E-state index contributed by atoms with van der Waals surface area (Å²) in [6.07, 6.45) is 3.17. The lowest BCUT2D eigenvalue weighted by atomic mass is 10.0. The van der Waals surface area contributed by atoms with Crippen LogP contribution in [0.4, 0.5) is 0 Å². The number of aliphatic carboxylic acids is 1. The third-order valence-corrected chi connectivity index (χ3v) is 3.17. The first kappa shape index (κ1) is 14.0. The number of rotatable bonds is 5. The van der Waals surface area contributed by atoms with Gasteiger partial charge >= 0.3 is 5.97 Å². The summed E-state index contributed by atoms with van der Waals surface area (Å²) in [6, 6.07) is -0.670. The molecule has 2 atom stereocenters. The number of carboxylic acid groups (broad SMARTS) is 1. The van der Waals surface area contributed by atoms with Gasteiger partial charge in [-0.1, -0.05) is 6.92 Å². The van der Waals surface area contributed by atoms with E-state index in [0.717, 1.165) is 19.3 Å². The van der Waals surface area contributed by atoms with Gasteiger partial charge in [-0.2, -0.15) is 0 Å². The predicted molar refractivity (Wildman–Crippen MR) is 62.7 cm³/mol. The molecule has 2 unspecified atom stereocenters. The van der Waals surface area contributed by atoms with Gasteiger partial charge in [-0.3, -0.25) is 4.79 Å². The van der Waals surface area contributed by atoms with E-state index >= 15 is 0 Å². The summed E-state index contributed by atoms with van der Waals surface area (Å²) in [6.45, 7) is 4.40. The monoisotopic (exact) mass is 243 g/mol. The van der Waals surface area contributed by atoms with Gasteiger partial charge in [-0.05, 0) is 32.6 Å². The summed E-state index contributed by atoms with van der Waals surface area (Å²) in [7, 11) is 0. The number of hydrogen-bond donors (Lipinski definition) is 1. The fraction of sp³-hybridized carbons (Fsp3) is 0.833. The minimum absolute atomic E-state index is 0.0151. The van der Waals surface area contributed by atoms with Crippen molar-refractivity contribution >= 4 is 11.9 Å². The van der Waals surface area contributed by atoms with Gasteiger partial charge in [-0.15, -0.1) is 0 Å². The molecule has 1 N–H and O–H groups in total. The smallest absolute Gasteiger partial charge is 0.326 e. The van der Waals surface area contributed by atoms with Gasteiger partial charge in [-0.25, -0.2) is 4.79 Å². The number of ether oxygens (including phenoxy) is 1. The van der Waals surface area contributed by atoms with Crippen LogP contribution in [0.1, 0.15) is 39.5 Å². The van der Waals surface area contributed by atoms with Crippen molar-refractivity contribution in [3.63, 3.8) is 0 Å². The summed E-state index contributed by atoms with van der Waals surface area (Å²) in [5.74, 6) is -1.13. The van der Waals surface area contributed by atoms with Crippen molar-refractivity contribution < 1.29 is 19.4 Å². The highest BCUT2D eigenvalue weighted by atomic mass is 16.5. The maximum atomic E-state index is 11.9. The molecule has 0 radical (unpaired) electrons. The van der Waals surface area contributed by atoms with E-state index in [4.69, 9.17) is 9.84 Å². The molecule has 0 aliphatic carbocycles. The van der Waals surface area contributed by atoms with Crippen molar-refractivity contribution in [3.8, 4) is 0 Å². The number of amides is 1. The van der Waals surface area contributed by atoms with Crippen molar-refractivity contribution in [2.45, 2.75) is 51.7 Å². The second-order valence-corrected chi connectivity index (χ2v) is 4.47. The maximum Gasteiger partial charge on any atom is 0.326 e. The van der Waals surface area contributed by atoms with Crippen molar-refractivity contribution in [2.75, 3.05) is 13.2 Å². The number of piperidine rings is 1. The Kier molecular flexibility index (Phi) is 5.41. The summed E-state index contributed by atoms with van der Waals surface area (Å²) in [5, 5.41) is 9.05. The molecule has 1 aliphatic heterocycles. The fourth-order valence-corrected chi connectivity index (χ4v) is 1.90. The fourth-order valence-electron chi connectivity index (χ4n) is 1.90. The summed E-state index contributed by atoms with van der Waals surface area (Å²) < 4.78 is 5.35. The molecule has 1 amide bonds. The first-order valence-corrected chi connectivity index (χ1v) is 6.20. The minimum Gasteiger partial charge on any atom is -0.480 e. The minimum atomic E-state index is -0.915. The number of carbonyl (C=O) groups is 2. The largest absolute Gasteiger partial charge is 0.480 e. The molecule has 0 aromatic rings. The van der Waals surface area contributed by atoms with Crippen LogP contribution in [-0.2, 0) is 14.3 Å². The van der Waals surface area contributed by atoms with Gasteiger partial charge in [0.05, 0.1) is 6.10 Å². The Morgan fingerprint density at radius 1 is 1.47 bits per heavy atom. The van der Waals surface area contributed by atoms with E-state index in [1.54, 1.807) is 0 Å². The van der Waals surface area contributed by atoms with Gasteiger partial charge in [0.15, 0.2) is 0 Å². The molecule has 0 aromatic heterocycles. The molecule has 1 aliphatic rings. The Labute approximate surface area is 102 Å². The van der Waals surface area contributed by atoms with E-state index in [1.807, 2.05) is 13.8 Å². The number of likely N-dealkylation sites (tertiary alicyclic amines) is 1. The molecule has 0 aromatic carbocycles. The molecule has 0 bridgehead atoms. The van der Waals surface area contributed by atoms with E-state index in [0.29, 0.717) is 13.0 Å². The topological polar surface area (TPSA) is 66.8 Å². The summed E-state index contributed by atoms with van der Waals surface area (Å²) in [4.78, 5) is 24.3. The van der Waals surface area contributed by atoms with Crippen LogP contribution in [0.3, 0.4) is 0 Å². The molecule has 98 valence electrons. The quantitative estimate of drug-likeness (QED) is 0.789. The number of carbonyl (C=O) groups excluding carboxylic acids is 1. The van der Waals surface area contributed by atoms with E-state index < -0.39 is 12.0 Å². The van der Waals surface area contributed by atoms with Crippen LogP contribution in [0, 0.1) is 0 Å². The Balaban J connectivity index is 2.50. The SMILES string of the molecule is CCC(C)OCC(=O)N1CCCCC1C(=O)O. The zero-order valence-corrected chi connectivity index (χ0v) is 10.5. The molecule has 5 nitrogen and oxygen atoms in total. The van der Waals surface area contributed by atoms with Gasteiger partial charge in [0, 0.05) is 6.54 Å². The van der Waals surface area contributed by atoms with Gasteiger partial charge < -0.3 is 14.7 Å². The zero-order chi connectivity index (χ0) is 12.8. The van der Waals surface area contributed by atoms with Gasteiger partial charge in [0.25, 0.3) is 0 Å². The van der Waals surface area contributed by atoms with Crippen LogP contribution in [0.25, 0.3) is 0 Å². The maximum absolute atomic E-state index is 11.9. The first-order valence-electron chi connectivity index (χ1n) is 6.20. The third-order valence-electron chi connectivity index (χ3n) is 3.17.